The van der Waals surface area contributed by atoms with E-state index in [-0.39, 0.29) is 11.8 Å². The standard InChI is InChI=1S/C19H23F2NO3/c20-14-5-6-15(16(21)10-14)19(7-1-2-8-19)11-22-17(23)12-3-4-13(9-12)18(24)25/h5-6,10,12-13H,1-4,7-9,11H2,(H,22,23)(H,24,25)/t12-,13+/m0/s1. The highest BCUT2D eigenvalue weighted by Crippen LogP contribution is 2.42. The smallest absolute Gasteiger partial charge is 0.306 e. The molecule has 0 bridgehead atoms. The molecule has 4 nitrogen and oxygen atoms in total. The fraction of sp³-hybridized carbons (Fsp3) is 0.579. The van der Waals surface area contributed by atoms with Crippen molar-refractivity contribution in [3.05, 3.63) is 35.4 Å². The molecule has 0 aliphatic heterocycles. The van der Waals surface area contributed by atoms with Gasteiger partial charge in [0.05, 0.1) is 5.92 Å². The molecule has 0 aromatic heterocycles. The molecule has 25 heavy (non-hydrogen) atoms. The van der Waals surface area contributed by atoms with Gasteiger partial charge in [0.2, 0.25) is 5.91 Å². The zero-order valence-corrected chi connectivity index (χ0v) is 14.1. The van der Waals surface area contributed by atoms with E-state index >= 15 is 0 Å². The maximum atomic E-state index is 14.3. The van der Waals surface area contributed by atoms with E-state index in [0.717, 1.165) is 31.7 Å². The number of hydrogen-bond donors (Lipinski definition) is 2. The summed E-state index contributed by atoms with van der Waals surface area (Å²) in [4.78, 5) is 23.5. The van der Waals surface area contributed by atoms with Crippen LogP contribution in [0.15, 0.2) is 18.2 Å². The Kier molecular flexibility index (Phi) is 5.06. The summed E-state index contributed by atoms with van der Waals surface area (Å²) in [6, 6.07) is 3.64. The fourth-order valence-electron chi connectivity index (χ4n) is 4.36. The molecule has 0 unspecified atom stereocenters. The van der Waals surface area contributed by atoms with Crippen LogP contribution in [0.2, 0.25) is 0 Å². The molecule has 0 heterocycles. The highest BCUT2D eigenvalue weighted by atomic mass is 19.1. The van der Waals surface area contributed by atoms with E-state index in [4.69, 9.17) is 5.11 Å². The molecule has 0 saturated heterocycles. The van der Waals surface area contributed by atoms with Gasteiger partial charge in [0.1, 0.15) is 11.6 Å². The average Bonchev–Trinajstić information content (AvgIpc) is 3.23. The van der Waals surface area contributed by atoms with Crippen molar-refractivity contribution in [3.63, 3.8) is 0 Å². The van der Waals surface area contributed by atoms with Crippen LogP contribution in [-0.2, 0) is 15.0 Å². The molecule has 1 aromatic rings. The highest BCUT2D eigenvalue weighted by molar-refractivity contribution is 5.81. The number of aliphatic carboxylic acids is 1. The van der Waals surface area contributed by atoms with Crippen LogP contribution in [0.5, 0.6) is 0 Å². The van der Waals surface area contributed by atoms with Crippen LogP contribution < -0.4 is 5.32 Å². The lowest BCUT2D eigenvalue weighted by molar-refractivity contribution is -0.141. The number of amides is 1. The topological polar surface area (TPSA) is 66.4 Å². The van der Waals surface area contributed by atoms with Crippen molar-refractivity contribution in [2.75, 3.05) is 6.54 Å². The Morgan fingerprint density at radius 1 is 1.16 bits per heavy atom. The van der Waals surface area contributed by atoms with Crippen molar-refractivity contribution in [3.8, 4) is 0 Å². The zero-order valence-electron chi connectivity index (χ0n) is 14.1. The Hall–Kier alpha value is -1.98. The first-order valence-corrected chi connectivity index (χ1v) is 8.87. The number of carbonyl (C=O) groups is 2. The summed E-state index contributed by atoms with van der Waals surface area (Å²) in [5.74, 6) is -2.93. The van der Waals surface area contributed by atoms with Gasteiger partial charge in [-0.2, -0.15) is 0 Å². The first-order valence-electron chi connectivity index (χ1n) is 8.87. The maximum absolute atomic E-state index is 14.3. The molecule has 3 rings (SSSR count). The number of carboxylic acids is 1. The second kappa shape index (κ2) is 7.10. The maximum Gasteiger partial charge on any atom is 0.306 e. The molecule has 0 spiro atoms. The number of benzene rings is 1. The molecule has 2 atom stereocenters. The molecule has 2 fully saturated rings. The first-order chi connectivity index (χ1) is 11.9. The van der Waals surface area contributed by atoms with Crippen molar-refractivity contribution >= 4 is 11.9 Å². The first kappa shape index (κ1) is 17.8. The Balaban J connectivity index is 1.69. The van der Waals surface area contributed by atoms with Crippen LogP contribution in [-0.4, -0.2) is 23.5 Å². The van der Waals surface area contributed by atoms with Gasteiger partial charge < -0.3 is 10.4 Å². The molecule has 2 aliphatic rings. The predicted octanol–water partition coefficient (Wildman–Crippen LogP) is 3.39. The Labute approximate surface area is 145 Å². The predicted molar refractivity (Wildman–Crippen MR) is 88.0 cm³/mol. The van der Waals surface area contributed by atoms with Crippen molar-refractivity contribution in [1.29, 1.82) is 0 Å². The highest BCUT2D eigenvalue weighted by Gasteiger charge is 2.39. The van der Waals surface area contributed by atoms with Gasteiger partial charge in [-0.3, -0.25) is 9.59 Å². The van der Waals surface area contributed by atoms with E-state index in [1.54, 1.807) is 0 Å². The quantitative estimate of drug-likeness (QED) is 0.854. The SMILES string of the molecule is O=C(O)[C@@H]1CC[C@H](C(=O)NCC2(c3ccc(F)cc3F)CCCC2)C1. The normalized spacial score (nSPS) is 25.0. The van der Waals surface area contributed by atoms with E-state index in [1.165, 1.54) is 12.1 Å². The van der Waals surface area contributed by atoms with Gasteiger partial charge in [-0.25, -0.2) is 8.78 Å². The minimum Gasteiger partial charge on any atom is -0.481 e. The van der Waals surface area contributed by atoms with Crippen LogP contribution in [0.25, 0.3) is 0 Å². The lowest BCUT2D eigenvalue weighted by atomic mass is 9.78. The Morgan fingerprint density at radius 2 is 1.84 bits per heavy atom. The second-order valence-electron chi connectivity index (χ2n) is 7.37. The summed E-state index contributed by atoms with van der Waals surface area (Å²) in [5, 5.41) is 12.0. The molecular weight excluding hydrogens is 328 g/mol. The van der Waals surface area contributed by atoms with Crippen LogP contribution in [0.4, 0.5) is 8.78 Å². The Bertz CT molecular complexity index is 671. The lowest BCUT2D eigenvalue weighted by Gasteiger charge is -2.31. The van der Waals surface area contributed by atoms with E-state index in [2.05, 4.69) is 5.32 Å². The summed E-state index contributed by atoms with van der Waals surface area (Å²) in [6.45, 7) is 0.308. The third-order valence-corrected chi connectivity index (χ3v) is 5.82. The zero-order chi connectivity index (χ0) is 18.0. The number of nitrogens with one attached hydrogen (secondary N) is 1. The minimum atomic E-state index is -0.851. The van der Waals surface area contributed by atoms with Crippen molar-refractivity contribution in [1.82, 2.24) is 5.32 Å². The van der Waals surface area contributed by atoms with Crippen molar-refractivity contribution in [2.24, 2.45) is 11.8 Å². The summed E-state index contributed by atoms with van der Waals surface area (Å²) >= 11 is 0. The van der Waals surface area contributed by atoms with Gasteiger partial charge in [-0.1, -0.05) is 18.9 Å². The van der Waals surface area contributed by atoms with Crippen molar-refractivity contribution < 1.29 is 23.5 Å². The summed E-state index contributed by atoms with van der Waals surface area (Å²) in [7, 11) is 0. The van der Waals surface area contributed by atoms with E-state index in [9.17, 15) is 18.4 Å². The van der Waals surface area contributed by atoms with Gasteiger partial charge in [-0.05, 0) is 43.7 Å². The average molecular weight is 351 g/mol. The summed E-state index contributed by atoms with van der Waals surface area (Å²) in [6.07, 6.45) is 4.83. The molecule has 2 N–H and O–H groups in total. The second-order valence-corrected chi connectivity index (χ2v) is 7.37. The third-order valence-electron chi connectivity index (χ3n) is 5.82. The van der Waals surface area contributed by atoms with Gasteiger partial charge in [0, 0.05) is 23.9 Å². The summed E-state index contributed by atoms with van der Waals surface area (Å²) in [5.41, 5.74) is -0.0420. The Morgan fingerprint density at radius 3 is 2.44 bits per heavy atom. The number of rotatable bonds is 5. The monoisotopic (exact) mass is 351 g/mol. The lowest BCUT2D eigenvalue weighted by Crippen LogP contribution is -2.41. The van der Waals surface area contributed by atoms with Crippen LogP contribution in [0.3, 0.4) is 0 Å². The molecule has 1 aromatic carbocycles. The number of hydrogen-bond acceptors (Lipinski definition) is 2. The number of halogens is 2. The van der Waals surface area contributed by atoms with Crippen LogP contribution >= 0.6 is 0 Å². The molecule has 1 amide bonds. The molecule has 136 valence electrons. The number of carbonyl (C=O) groups excluding carboxylic acids is 1. The summed E-state index contributed by atoms with van der Waals surface area (Å²) < 4.78 is 27.5. The van der Waals surface area contributed by atoms with Gasteiger partial charge in [0.25, 0.3) is 0 Å². The largest absolute Gasteiger partial charge is 0.481 e. The van der Waals surface area contributed by atoms with E-state index < -0.39 is 28.9 Å². The minimum absolute atomic E-state index is 0.155. The molecule has 2 saturated carbocycles. The van der Waals surface area contributed by atoms with Crippen molar-refractivity contribution in [2.45, 2.75) is 50.4 Å². The molecular formula is C19H23F2NO3. The number of carboxylic acid groups (broad SMARTS) is 1. The molecule has 0 radical (unpaired) electrons. The van der Waals surface area contributed by atoms with E-state index in [0.29, 0.717) is 31.4 Å². The van der Waals surface area contributed by atoms with Crippen LogP contribution in [0, 0.1) is 23.5 Å². The van der Waals surface area contributed by atoms with Gasteiger partial charge in [-0.15, -0.1) is 0 Å². The third kappa shape index (κ3) is 3.67. The van der Waals surface area contributed by atoms with Gasteiger partial charge >= 0.3 is 5.97 Å². The van der Waals surface area contributed by atoms with E-state index in [1.807, 2.05) is 0 Å². The molecule has 2 aliphatic carbocycles. The van der Waals surface area contributed by atoms with Crippen LogP contribution in [0.1, 0.15) is 50.5 Å². The van der Waals surface area contributed by atoms with Gasteiger partial charge in [0.15, 0.2) is 0 Å². The fourth-order valence-corrected chi connectivity index (χ4v) is 4.36. The molecule has 6 heteroatoms.